The maximum absolute atomic E-state index is 13.9. The molecule has 2 aromatic carbocycles. The van der Waals surface area contributed by atoms with Crippen LogP contribution in [0.4, 0.5) is 15.8 Å². The molecule has 0 fully saturated rings. The maximum atomic E-state index is 13.9. The van der Waals surface area contributed by atoms with Gasteiger partial charge < -0.3 is 10.6 Å². The Hall–Kier alpha value is -2.07. The van der Waals surface area contributed by atoms with Crippen LogP contribution in [0.15, 0.2) is 42.5 Å². The highest BCUT2D eigenvalue weighted by atomic mass is 35.5. The first kappa shape index (κ1) is 13.9. The Kier molecular flexibility index (Phi) is 3.80. The van der Waals surface area contributed by atoms with E-state index in [0.717, 1.165) is 11.3 Å². The molecule has 5 heteroatoms. The molecule has 1 heterocycles. The fourth-order valence-corrected chi connectivity index (χ4v) is 2.74. The number of fused-ring (bicyclic) bond motifs is 1. The van der Waals surface area contributed by atoms with Gasteiger partial charge in [-0.2, -0.15) is 0 Å². The molecule has 0 saturated carbocycles. The third-order valence-electron chi connectivity index (χ3n) is 3.61. The van der Waals surface area contributed by atoms with E-state index in [1.165, 1.54) is 12.1 Å². The summed E-state index contributed by atoms with van der Waals surface area (Å²) in [6, 6.07) is 12.2. The zero-order valence-corrected chi connectivity index (χ0v) is 12.0. The van der Waals surface area contributed by atoms with Crippen molar-refractivity contribution in [1.82, 2.24) is 0 Å². The molecule has 1 aliphatic heterocycles. The Balaban J connectivity index is 1.85. The zero-order valence-electron chi connectivity index (χ0n) is 11.2. The van der Waals surface area contributed by atoms with Crippen LogP contribution < -0.4 is 10.6 Å². The quantitative estimate of drug-likeness (QED) is 0.880. The highest BCUT2D eigenvalue weighted by molar-refractivity contribution is 6.31. The van der Waals surface area contributed by atoms with Crippen LogP contribution in [0.25, 0.3) is 0 Å². The molecule has 1 amide bonds. The number of amides is 1. The van der Waals surface area contributed by atoms with Gasteiger partial charge in [-0.1, -0.05) is 35.9 Å². The molecule has 1 aliphatic rings. The van der Waals surface area contributed by atoms with Crippen molar-refractivity contribution in [2.45, 2.75) is 12.3 Å². The number of nitrogens with one attached hydrogen (secondary N) is 2. The average molecular weight is 305 g/mol. The number of hydrogen-bond acceptors (Lipinski definition) is 2. The van der Waals surface area contributed by atoms with Gasteiger partial charge in [0.05, 0.1) is 16.6 Å². The monoisotopic (exact) mass is 304 g/mol. The maximum Gasteiger partial charge on any atom is 0.232 e. The van der Waals surface area contributed by atoms with Gasteiger partial charge in [0.2, 0.25) is 5.91 Å². The smallest absolute Gasteiger partial charge is 0.232 e. The second-order valence-corrected chi connectivity index (χ2v) is 5.35. The molecular formula is C16H14ClFN2O. The predicted molar refractivity (Wildman–Crippen MR) is 82.3 cm³/mol. The number of para-hydroxylation sites is 1. The lowest BCUT2D eigenvalue weighted by Crippen LogP contribution is -2.27. The molecule has 2 aromatic rings. The zero-order chi connectivity index (χ0) is 14.8. The first-order valence-electron chi connectivity index (χ1n) is 6.74. The Labute approximate surface area is 127 Å². The number of anilines is 2. The molecule has 3 rings (SSSR count). The van der Waals surface area contributed by atoms with E-state index in [-0.39, 0.29) is 22.5 Å². The number of carbonyl (C=O) groups excluding carboxylic acids is 1. The van der Waals surface area contributed by atoms with E-state index in [9.17, 15) is 9.18 Å². The van der Waals surface area contributed by atoms with Crippen molar-refractivity contribution in [1.29, 1.82) is 0 Å². The molecule has 1 atom stereocenters. The Morgan fingerprint density at radius 1 is 1.24 bits per heavy atom. The Morgan fingerprint density at radius 2 is 2.05 bits per heavy atom. The summed E-state index contributed by atoms with van der Waals surface area (Å²) in [5, 5.41) is 5.89. The largest absolute Gasteiger partial charge is 0.385 e. The van der Waals surface area contributed by atoms with E-state index in [1.54, 1.807) is 6.07 Å². The fourth-order valence-electron chi connectivity index (χ4n) is 2.56. The van der Waals surface area contributed by atoms with Gasteiger partial charge in [0.25, 0.3) is 0 Å². The summed E-state index contributed by atoms with van der Waals surface area (Å²) in [6.07, 6.45) is 0.672. The molecule has 0 spiro atoms. The van der Waals surface area contributed by atoms with E-state index in [1.807, 2.05) is 24.3 Å². The molecule has 0 aliphatic carbocycles. The third kappa shape index (κ3) is 2.72. The predicted octanol–water partition coefficient (Wildman–Crippen LogP) is 4.02. The molecule has 3 nitrogen and oxygen atoms in total. The van der Waals surface area contributed by atoms with Crippen molar-refractivity contribution < 1.29 is 9.18 Å². The molecule has 2 N–H and O–H groups in total. The highest BCUT2D eigenvalue weighted by Gasteiger charge is 2.26. The summed E-state index contributed by atoms with van der Waals surface area (Å²) in [4.78, 5) is 12.4. The number of benzene rings is 2. The van der Waals surface area contributed by atoms with Crippen LogP contribution in [0.2, 0.25) is 5.02 Å². The lowest BCUT2D eigenvalue weighted by molar-refractivity contribution is -0.117. The third-order valence-corrected chi connectivity index (χ3v) is 3.90. The Bertz CT molecular complexity index is 690. The van der Waals surface area contributed by atoms with Gasteiger partial charge in [-0.05, 0) is 30.2 Å². The minimum atomic E-state index is -0.602. The van der Waals surface area contributed by atoms with E-state index >= 15 is 0 Å². The molecule has 21 heavy (non-hydrogen) atoms. The topological polar surface area (TPSA) is 41.1 Å². The SMILES string of the molecule is O=C(Nc1cccc(Cl)c1F)C1CCNc2ccccc21. The number of halogens is 2. The van der Waals surface area contributed by atoms with Crippen molar-refractivity contribution in [2.75, 3.05) is 17.2 Å². The molecule has 1 unspecified atom stereocenters. The molecule has 0 saturated heterocycles. The van der Waals surface area contributed by atoms with Crippen LogP contribution in [-0.2, 0) is 4.79 Å². The highest BCUT2D eigenvalue weighted by Crippen LogP contribution is 2.32. The summed E-state index contributed by atoms with van der Waals surface area (Å²) in [7, 11) is 0. The standard InChI is InChI=1S/C16H14ClFN2O/c17-12-5-3-7-14(15(12)18)20-16(21)11-8-9-19-13-6-2-1-4-10(11)13/h1-7,11,19H,8-9H2,(H,20,21). The number of rotatable bonds is 2. The van der Waals surface area contributed by atoms with Crippen LogP contribution in [-0.4, -0.2) is 12.5 Å². The fraction of sp³-hybridized carbons (Fsp3) is 0.188. The van der Waals surface area contributed by atoms with E-state index in [2.05, 4.69) is 10.6 Å². The second kappa shape index (κ2) is 5.74. The van der Waals surface area contributed by atoms with E-state index < -0.39 is 5.82 Å². The molecular weight excluding hydrogens is 291 g/mol. The lowest BCUT2D eigenvalue weighted by atomic mass is 9.90. The lowest BCUT2D eigenvalue weighted by Gasteiger charge is -2.26. The molecule has 0 bridgehead atoms. The van der Waals surface area contributed by atoms with Crippen molar-refractivity contribution in [3.05, 3.63) is 58.9 Å². The van der Waals surface area contributed by atoms with Crippen molar-refractivity contribution in [3.63, 3.8) is 0 Å². The number of carbonyl (C=O) groups is 1. The van der Waals surface area contributed by atoms with Gasteiger partial charge in [0.1, 0.15) is 0 Å². The van der Waals surface area contributed by atoms with Crippen molar-refractivity contribution in [2.24, 2.45) is 0 Å². The van der Waals surface area contributed by atoms with Crippen LogP contribution in [0.1, 0.15) is 17.9 Å². The van der Waals surface area contributed by atoms with Crippen molar-refractivity contribution in [3.8, 4) is 0 Å². The molecule has 0 aromatic heterocycles. The van der Waals surface area contributed by atoms with Crippen molar-refractivity contribution >= 4 is 28.9 Å². The van der Waals surface area contributed by atoms with Crippen LogP contribution in [0, 0.1) is 5.82 Å². The molecule has 108 valence electrons. The van der Waals surface area contributed by atoms with Gasteiger partial charge in [-0.15, -0.1) is 0 Å². The first-order chi connectivity index (χ1) is 10.2. The first-order valence-corrected chi connectivity index (χ1v) is 7.12. The molecule has 0 radical (unpaired) electrons. The second-order valence-electron chi connectivity index (χ2n) is 4.95. The van der Waals surface area contributed by atoms with Gasteiger partial charge in [0.15, 0.2) is 5.82 Å². The Morgan fingerprint density at radius 3 is 2.90 bits per heavy atom. The normalized spacial score (nSPS) is 16.8. The van der Waals surface area contributed by atoms with Crippen LogP contribution >= 0.6 is 11.6 Å². The van der Waals surface area contributed by atoms with Crippen LogP contribution in [0.3, 0.4) is 0 Å². The number of hydrogen-bond donors (Lipinski definition) is 2. The van der Waals surface area contributed by atoms with E-state index in [4.69, 9.17) is 11.6 Å². The minimum absolute atomic E-state index is 0.00138. The van der Waals surface area contributed by atoms with Gasteiger partial charge in [0, 0.05) is 12.2 Å². The summed E-state index contributed by atoms with van der Waals surface area (Å²) in [6.45, 7) is 0.715. The summed E-state index contributed by atoms with van der Waals surface area (Å²) < 4.78 is 13.9. The summed E-state index contributed by atoms with van der Waals surface area (Å²) in [5.74, 6) is -1.11. The summed E-state index contributed by atoms with van der Waals surface area (Å²) >= 11 is 5.73. The van der Waals surface area contributed by atoms with Gasteiger partial charge >= 0.3 is 0 Å². The van der Waals surface area contributed by atoms with E-state index in [0.29, 0.717) is 13.0 Å². The van der Waals surface area contributed by atoms with Crippen LogP contribution in [0.5, 0.6) is 0 Å². The average Bonchev–Trinajstić information content (AvgIpc) is 2.51. The summed E-state index contributed by atoms with van der Waals surface area (Å²) in [5.41, 5.74) is 2.00. The van der Waals surface area contributed by atoms with Gasteiger partial charge in [-0.3, -0.25) is 4.79 Å². The van der Waals surface area contributed by atoms with Gasteiger partial charge in [-0.25, -0.2) is 4.39 Å². The minimum Gasteiger partial charge on any atom is -0.385 e.